The van der Waals surface area contributed by atoms with Crippen LogP contribution in [0, 0.1) is 33.2 Å². The van der Waals surface area contributed by atoms with E-state index in [0.717, 1.165) is 22.6 Å². The van der Waals surface area contributed by atoms with Crippen molar-refractivity contribution in [1.29, 1.82) is 0 Å². The summed E-state index contributed by atoms with van der Waals surface area (Å²) < 4.78 is 16.6. The van der Waals surface area contributed by atoms with Crippen molar-refractivity contribution in [3.8, 4) is 16.8 Å². The number of amides is 1. The van der Waals surface area contributed by atoms with Crippen molar-refractivity contribution in [3.63, 3.8) is 0 Å². The third-order valence-corrected chi connectivity index (χ3v) is 5.61. The summed E-state index contributed by atoms with van der Waals surface area (Å²) in [4.78, 5) is 15.5. The second-order valence-corrected chi connectivity index (χ2v) is 8.04. The topological polar surface area (TPSA) is 80.0 Å². The van der Waals surface area contributed by atoms with Crippen molar-refractivity contribution in [3.05, 3.63) is 93.1 Å². The van der Waals surface area contributed by atoms with Gasteiger partial charge in [-0.3, -0.25) is 9.89 Å². The molecule has 0 radical (unpaired) electrons. The summed E-state index contributed by atoms with van der Waals surface area (Å²) in [5.41, 5.74) is 5.50. The lowest BCUT2D eigenvalue weighted by Crippen LogP contribution is -2.23. The number of nitrogens with zero attached hydrogens (tertiary/aromatic N) is 4. The van der Waals surface area contributed by atoms with Gasteiger partial charge in [0.05, 0.1) is 18.0 Å². The van der Waals surface area contributed by atoms with E-state index in [0.29, 0.717) is 27.5 Å². The number of carbonyl (C=O) groups excluding carboxylic acids is 1. The summed E-state index contributed by atoms with van der Waals surface area (Å²) >= 11 is 6.19. The molecule has 0 fully saturated rings. The third-order valence-electron chi connectivity index (χ3n) is 5.31. The molecule has 0 unspecified atom stereocenters. The van der Waals surface area contributed by atoms with Crippen molar-refractivity contribution in [1.82, 2.24) is 25.3 Å². The number of rotatable bonds is 5. The molecule has 2 aromatic carbocycles. The van der Waals surface area contributed by atoms with Gasteiger partial charge < -0.3 is 5.32 Å². The van der Waals surface area contributed by atoms with Gasteiger partial charge in [0.25, 0.3) is 5.91 Å². The van der Waals surface area contributed by atoms with E-state index < -0.39 is 5.82 Å². The van der Waals surface area contributed by atoms with Crippen LogP contribution in [0.4, 0.5) is 10.1 Å². The van der Waals surface area contributed by atoms with E-state index in [-0.39, 0.29) is 18.1 Å². The molecule has 33 heavy (non-hydrogen) atoms. The monoisotopic (exact) mass is 462 g/mol. The van der Waals surface area contributed by atoms with Crippen molar-refractivity contribution < 1.29 is 9.18 Å². The van der Waals surface area contributed by atoms with Crippen molar-refractivity contribution in [2.24, 2.45) is 0 Å². The predicted octanol–water partition coefficient (Wildman–Crippen LogP) is 5.46. The molecule has 0 aliphatic rings. The van der Waals surface area contributed by atoms with Gasteiger partial charge in [-0.1, -0.05) is 29.8 Å². The summed E-state index contributed by atoms with van der Waals surface area (Å²) in [6.45, 7) is 12.7. The molecule has 0 bridgehead atoms. The van der Waals surface area contributed by atoms with Gasteiger partial charge in [0, 0.05) is 34.1 Å². The second-order valence-electron chi connectivity index (χ2n) is 7.63. The van der Waals surface area contributed by atoms with Gasteiger partial charge >= 0.3 is 0 Å². The number of aryl methyl sites for hydroxylation is 2. The van der Waals surface area contributed by atoms with Crippen molar-refractivity contribution in [2.75, 3.05) is 0 Å². The van der Waals surface area contributed by atoms with Crippen molar-refractivity contribution >= 4 is 23.2 Å². The highest BCUT2D eigenvalue weighted by Gasteiger charge is 2.17. The molecule has 0 spiro atoms. The number of carbonyl (C=O) groups is 1. The number of nitrogens with one attached hydrogen (secondary N) is 2. The van der Waals surface area contributed by atoms with Gasteiger partial charge in [-0.25, -0.2) is 13.9 Å². The van der Waals surface area contributed by atoms with Crippen LogP contribution in [-0.2, 0) is 6.54 Å². The van der Waals surface area contributed by atoms with Crippen LogP contribution in [0.25, 0.3) is 21.7 Å². The lowest BCUT2D eigenvalue weighted by molar-refractivity contribution is 0.0945. The van der Waals surface area contributed by atoms with Crippen LogP contribution in [0.5, 0.6) is 0 Å². The number of aromatic amines is 1. The molecule has 2 N–H and O–H groups in total. The highest BCUT2D eigenvalue weighted by Crippen LogP contribution is 2.32. The van der Waals surface area contributed by atoms with Gasteiger partial charge in [-0.15, -0.1) is 0 Å². The van der Waals surface area contributed by atoms with Gasteiger partial charge in [-0.2, -0.15) is 10.2 Å². The Hall–Kier alpha value is -3.96. The first-order chi connectivity index (χ1) is 15.8. The Morgan fingerprint density at radius 1 is 1.21 bits per heavy atom. The molecule has 4 aromatic rings. The predicted molar refractivity (Wildman–Crippen MR) is 124 cm³/mol. The summed E-state index contributed by atoms with van der Waals surface area (Å²) in [6.07, 6.45) is 0. The fourth-order valence-electron chi connectivity index (χ4n) is 3.68. The maximum Gasteiger partial charge on any atom is 0.272 e. The highest BCUT2D eigenvalue weighted by molar-refractivity contribution is 6.33. The molecular weight excluding hydrogens is 443 g/mol. The molecular formula is C24H20ClFN6O. The summed E-state index contributed by atoms with van der Waals surface area (Å²) in [6, 6.07) is 11.6. The average molecular weight is 463 g/mol. The molecule has 0 aliphatic carbocycles. The Morgan fingerprint density at radius 2 is 2.00 bits per heavy atom. The Morgan fingerprint density at radius 3 is 2.64 bits per heavy atom. The van der Waals surface area contributed by atoms with Crippen LogP contribution in [0.1, 0.15) is 33.1 Å². The quantitative estimate of drug-likeness (QED) is 0.386. The van der Waals surface area contributed by atoms with Gasteiger partial charge in [0.1, 0.15) is 11.5 Å². The van der Waals surface area contributed by atoms with Crippen LogP contribution >= 0.6 is 11.6 Å². The first-order valence-electron chi connectivity index (χ1n) is 10.1. The molecule has 2 heterocycles. The molecule has 0 saturated carbocycles. The van der Waals surface area contributed by atoms with E-state index in [9.17, 15) is 9.18 Å². The lowest BCUT2D eigenvalue weighted by Gasteiger charge is -2.09. The van der Waals surface area contributed by atoms with E-state index in [2.05, 4.69) is 25.5 Å². The first kappa shape index (κ1) is 22.2. The molecule has 166 valence electrons. The van der Waals surface area contributed by atoms with Gasteiger partial charge in [0.15, 0.2) is 0 Å². The fraction of sp³-hybridized carbons (Fsp3) is 0.167. The number of benzene rings is 2. The summed E-state index contributed by atoms with van der Waals surface area (Å²) in [5, 5.41) is 14.2. The van der Waals surface area contributed by atoms with E-state index >= 15 is 0 Å². The Kier molecular flexibility index (Phi) is 5.99. The number of hydrogen-bond donors (Lipinski definition) is 2. The lowest BCUT2D eigenvalue weighted by atomic mass is 10.0. The molecule has 0 aliphatic heterocycles. The van der Waals surface area contributed by atoms with Crippen LogP contribution < -0.4 is 5.32 Å². The number of H-pyrrole nitrogens is 1. The maximum absolute atomic E-state index is 14.9. The smallest absolute Gasteiger partial charge is 0.272 e. The van der Waals surface area contributed by atoms with Gasteiger partial charge in [-0.05, 0) is 50.6 Å². The summed E-state index contributed by atoms with van der Waals surface area (Å²) in [5.74, 6) is -0.805. The van der Waals surface area contributed by atoms with Crippen LogP contribution in [-0.4, -0.2) is 25.9 Å². The Balaban J connectivity index is 1.58. The average Bonchev–Trinajstić information content (AvgIpc) is 3.35. The number of hydrogen-bond acceptors (Lipinski definition) is 3. The minimum absolute atomic E-state index is 0.0416. The molecule has 0 atom stereocenters. The van der Waals surface area contributed by atoms with Crippen molar-refractivity contribution in [2.45, 2.75) is 27.3 Å². The Bertz CT molecular complexity index is 1420. The van der Waals surface area contributed by atoms with E-state index in [1.54, 1.807) is 48.0 Å². The third kappa shape index (κ3) is 4.36. The largest absolute Gasteiger partial charge is 0.346 e. The van der Waals surface area contributed by atoms with Crippen LogP contribution in [0.15, 0.2) is 42.5 Å². The van der Waals surface area contributed by atoms with E-state index in [1.807, 2.05) is 13.8 Å². The molecule has 2 aromatic heterocycles. The maximum atomic E-state index is 14.9. The van der Waals surface area contributed by atoms with E-state index in [4.69, 9.17) is 18.2 Å². The standard InChI is InChI=1S/C24H20ClFN6O/c1-13-9-22(30-29-13)24(33)28-12-17-6-5-16(10-20(17)26)23-14(2)31-32(15(23)3)18-7-8-21(27-4)19(25)11-18/h5-11H,12H2,1-3H3,(H,28,33)(H,29,30). The molecule has 9 heteroatoms. The van der Waals surface area contributed by atoms with Gasteiger partial charge in [0.2, 0.25) is 5.69 Å². The second kappa shape index (κ2) is 8.88. The zero-order valence-electron chi connectivity index (χ0n) is 18.2. The van der Waals surface area contributed by atoms with Crippen LogP contribution in [0.3, 0.4) is 0 Å². The zero-order chi connectivity index (χ0) is 23.7. The zero-order valence-corrected chi connectivity index (χ0v) is 19.0. The summed E-state index contributed by atoms with van der Waals surface area (Å²) in [7, 11) is 0. The minimum atomic E-state index is -0.429. The first-order valence-corrected chi connectivity index (χ1v) is 10.5. The Labute approximate surface area is 195 Å². The molecule has 0 saturated heterocycles. The molecule has 4 rings (SSSR count). The SMILES string of the molecule is [C-]#[N+]c1ccc(-n2nc(C)c(-c3ccc(CNC(=O)c4cc(C)[nH]n4)c(F)c3)c2C)cc1Cl. The molecule has 7 nitrogen and oxygen atoms in total. The number of aromatic nitrogens is 4. The minimum Gasteiger partial charge on any atom is -0.346 e. The molecule has 1 amide bonds. The highest BCUT2D eigenvalue weighted by atomic mass is 35.5. The fourth-order valence-corrected chi connectivity index (χ4v) is 3.89. The normalized spacial score (nSPS) is 10.8. The number of halogens is 2. The van der Waals surface area contributed by atoms with Crippen LogP contribution in [0.2, 0.25) is 5.02 Å². The van der Waals surface area contributed by atoms with E-state index in [1.165, 1.54) is 6.07 Å².